The fourth-order valence-corrected chi connectivity index (χ4v) is 3.01. The highest BCUT2D eigenvalue weighted by atomic mass is 16.7. The number of cyclic esters (lactones) is 2. The maximum absolute atomic E-state index is 12.0. The molecule has 0 radical (unpaired) electrons. The Morgan fingerprint density at radius 2 is 1.74 bits per heavy atom. The number of likely N-dealkylation sites (N-methyl/N-ethyl adjacent to an activating group) is 1. The topological polar surface area (TPSA) is 80.3 Å². The Morgan fingerprint density at radius 3 is 2.33 bits per heavy atom. The molecule has 1 aromatic rings. The number of nitrogens with one attached hydrogen (secondary N) is 1. The molecule has 1 N–H and O–H groups in total. The average Bonchev–Trinajstić information content (AvgIpc) is 2.60. The van der Waals surface area contributed by atoms with Gasteiger partial charge in [0.05, 0.1) is 12.8 Å². The molecule has 0 saturated carbocycles. The molecule has 2 aliphatic rings. The van der Waals surface area contributed by atoms with E-state index in [2.05, 4.69) is 22.2 Å². The van der Waals surface area contributed by atoms with E-state index >= 15 is 0 Å². The van der Waals surface area contributed by atoms with E-state index < -0.39 is 17.7 Å². The molecular formula is C19H25N3O5. The molecule has 0 atom stereocenters. The Balaban J connectivity index is 1.74. The molecule has 0 unspecified atom stereocenters. The third-order valence-corrected chi connectivity index (χ3v) is 4.52. The van der Waals surface area contributed by atoms with Gasteiger partial charge in [-0.2, -0.15) is 0 Å². The highest BCUT2D eigenvalue weighted by molar-refractivity contribution is 6.15. The lowest BCUT2D eigenvalue weighted by molar-refractivity contribution is -0.222. The molecule has 8 nitrogen and oxygen atoms in total. The maximum Gasteiger partial charge on any atom is 0.350 e. The molecule has 0 bridgehead atoms. The molecule has 2 fully saturated rings. The second-order valence-electron chi connectivity index (χ2n) is 7.06. The van der Waals surface area contributed by atoms with Gasteiger partial charge in [-0.3, -0.25) is 0 Å². The minimum atomic E-state index is -1.25. The summed E-state index contributed by atoms with van der Waals surface area (Å²) >= 11 is 0. The van der Waals surface area contributed by atoms with Gasteiger partial charge in [0.25, 0.3) is 5.79 Å². The molecule has 8 heteroatoms. The van der Waals surface area contributed by atoms with Crippen LogP contribution in [0.15, 0.2) is 30.0 Å². The smallest absolute Gasteiger partial charge is 0.350 e. The van der Waals surface area contributed by atoms with E-state index in [9.17, 15) is 9.59 Å². The first-order chi connectivity index (χ1) is 12.8. The van der Waals surface area contributed by atoms with Crippen molar-refractivity contribution in [1.82, 2.24) is 4.90 Å². The lowest BCUT2D eigenvalue weighted by Crippen LogP contribution is -2.44. The zero-order valence-corrected chi connectivity index (χ0v) is 16.1. The highest BCUT2D eigenvalue weighted by Gasteiger charge is 2.38. The number of benzene rings is 1. The highest BCUT2D eigenvalue weighted by Crippen LogP contribution is 2.32. The number of ether oxygens (including phenoxy) is 3. The Hall–Kier alpha value is -2.74. The number of rotatable bonds is 4. The van der Waals surface area contributed by atoms with Crippen molar-refractivity contribution in [3.05, 3.63) is 30.0 Å². The predicted molar refractivity (Wildman–Crippen MR) is 101 cm³/mol. The van der Waals surface area contributed by atoms with Crippen molar-refractivity contribution in [1.29, 1.82) is 0 Å². The minimum absolute atomic E-state index is 0.184. The second-order valence-corrected chi connectivity index (χ2v) is 7.06. The van der Waals surface area contributed by atoms with Crippen molar-refractivity contribution in [2.75, 3.05) is 50.6 Å². The molecule has 3 rings (SSSR count). The number of hydrogen-bond donors (Lipinski definition) is 1. The molecule has 0 aromatic heterocycles. The van der Waals surface area contributed by atoms with Crippen LogP contribution in [0.4, 0.5) is 11.4 Å². The zero-order valence-electron chi connectivity index (χ0n) is 16.1. The Morgan fingerprint density at radius 1 is 1.11 bits per heavy atom. The third kappa shape index (κ3) is 4.33. The summed E-state index contributed by atoms with van der Waals surface area (Å²) < 4.78 is 15.7. The van der Waals surface area contributed by atoms with Crippen LogP contribution < -0.4 is 15.0 Å². The zero-order chi connectivity index (χ0) is 19.6. The minimum Gasteiger partial charge on any atom is -0.495 e. The van der Waals surface area contributed by atoms with E-state index in [1.54, 1.807) is 7.11 Å². The van der Waals surface area contributed by atoms with E-state index in [1.807, 2.05) is 18.2 Å². The molecule has 0 aliphatic carbocycles. The maximum atomic E-state index is 12.0. The number of esters is 2. The standard InChI is InChI=1S/C19H25N3O5/c1-19(2)26-17(23)14(18(24)27-19)12-20-13-5-6-15(16(11-13)25-4)22-9-7-21(3)8-10-22/h5-6,11-12,20H,7-10H2,1-4H3. The number of piperazine rings is 1. The molecular weight excluding hydrogens is 350 g/mol. The summed E-state index contributed by atoms with van der Waals surface area (Å²) in [5.74, 6) is -1.97. The Labute approximate surface area is 158 Å². The van der Waals surface area contributed by atoms with Gasteiger partial charge in [0.15, 0.2) is 5.57 Å². The molecule has 27 heavy (non-hydrogen) atoms. The van der Waals surface area contributed by atoms with Crippen molar-refractivity contribution in [2.45, 2.75) is 19.6 Å². The summed E-state index contributed by atoms with van der Waals surface area (Å²) in [6.45, 7) is 6.86. The van der Waals surface area contributed by atoms with E-state index in [0.717, 1.165) is 37.6 Å². The van der Waals surface area contributed by atoms with Crippen LogP contribution in [0.3, 0.4) is 0 Å². The van der Waals surface area contributed by atoms with Crippen LogP contribution >= 0.6 is 0 Å². The van der Waals surface area contributed by atoms with Crippen molar-refractivity contribution < 1.29 is 23.8 Å². The summed E-state index contributed by atoms with van der Waals surface area (Å²) in [6, 6.07) is 5.66. The van der Waals surface area contributed by atoms with Gasteiger partial charge >= 0.3 is 11.9 Å². The van der Waals surface area contributed by atoms with Crippen molar-refractivity contribution in [3.63, 3.8) is 0 Å². The quantitative estimate of drug-likeness (QED) is 0.483. The molecule has 146 valence electrons. The van der Waals surface area contributed by atoms with Gasteiger partial charge in [-0.15, -0.1) is 0 Å². The number of nitrogens with zero attached hydrogens (tertiary/aromatic N) is 2. The van der Waals surface area contributed by atoms with Gasteiger partial charge in [0.1, 0.15) is 5.75 Å². The van der Waals surface area contributed by atoms with Crippen molar-refractivity contribution >= 4 is 23.3 Å². The molecule has 1 aromatic carbocycles. The van der Waals surface area contributed by atoms with Crippen LogP contribution in [0, 0.1) is 0 Å². The summed E-state index contributed by atoms with van der Waals surface area (Å²) in [5, 5.41) is 2.94. The van der Waals surface area contributed by atoms with Crippen LogP contribution in [0.1, 0.15) is 13.8 Å². The van der Waals surface area contributed by atoms with E-state index in [4.69, 9.17) is 14.2 Å². The van der Waals surface area contributed by atoms with E-state index in [1.165, 1.54) is 20.0 Å². The summed E-state index contributed by atoms with van der Waals surface area (Å²) in [5.41, 5.74) is 1.51. The first kappa shape index (κ1) is 19.0. The fourth-order valence-electron chi connectivity index (χ4n) is 3.01. The van der Waals surface area contributed by atoms with Crippen LogP contribution in [0.25, 0.3) is 0 Å². The number of carbonyl (C=O) groups excluding carboxylic acids is 2. The predicted octanol–water partition coefficient (Wildman–Crippen LogP) is 1.58. The molecule has 0 spiro atoms. The Bertz CT molecular complexity index is 745. The average molecular weight is 375 g/mol. The van der Waals surface area contributed by atoms with E-state index in [-0.39, 0.29) is 5.57 Å². The summed E-state index contributed by atoms with van der Waals surface area (Å²) in [6.07, 6.45) is 1.30. The van der Waals surface area contributed by atoms with Crippen LogP contribution in [-0.4, -0.2) is 63.0 Å². The number of carbonyl (C=O) groups is 2. The second kappa shape index (κ2) is 7.48. The molecule has 0 amide bonds. The summed E-state index contributed by atoms with van der Waals surface area (Å²) in [7, 11) is 3.73. The molecule has 2 saturated heterocycles. The van der Waals surface area contributed by atoms with E-state index in [0.29, 0.717) is 5.69 Å². The molecule has 2 heterocycles. The molecule has 2 aliphatic heterocycles. The van der Waals surface area contributed by atoms with Gasteiger partial charge < -0.3 is 29.3 Å². The van der Waals surface area contributed by atoms with Gasteiger partial charge in [-0.25, -0.2) is 9.59 Å². The van der Waals surface area contributed by atoms with Crippen LogP contribution in [-0.2, 0) is 19.1 Å². The van der Waals surface area contributed by atoms with Crippen molar-refractivity contribution in [3.8, 4) is 5.75 Å². The monoisotopic (exact) mass is 375 g/mol. The first-order valence-corrected chi connectivity index (χ1v) is 8.84. The van der Waals surface area contributed by atoms with Gasteiger partial charge in [0.2, 0.25) is 0 Å². The SMILES string of the molecule is COc1cc(NC=C2C(=O)OC(C)(C)OC2=O)ccc1N1CCN(C)CC1. The lowest BCUT2D eigenvalue weighted by atomic mass is 10.2. The van der Waals surface area contributed by atoms with Crippen LogP contribution in [0.5, 0.6) is 5.75 Å². The third-order valence-electron chi connectivity index (χ3n) is 4.52. The number of anilines is 2. The number of methoxy groups -OCH3 is 1. The van der Waals surface area contributed by atoms with Gasteiger partial charge in [0, 0.05) is 58.0 Å². The van der Waals surface area contributed by atoms with Crippen molar-refractivity contribution in [2.24, 2.45) is 0 Å². The normalized spacial score (nSPS) is 20.0. The first-order valence-electron chi connectivity index (χ1n) is 8.84. The summed E-state index contributed by atoms with van der Waals surface area (Å²) in [4.78, 5) is 28.5. The number of hydrogen-bond acceptors (Lipinski definition) is 8. The van der Waals surface area contributed by atoms with Gasteiger partial charge in [-0.1, -0.05) is 0 Å². The largest absolute Gasteiger partial charge is 0.495 e. The lowest BCUT2D eigenvalue weighted by Gasteiger charge is -2.34. The Kier molecular flexibility index (Phi) is 5.27. The van der Waals surface area contributed by atoms with Crippen LogP contribution in [0.2, 0.25) is 0 Å². The van der Waals surface area contributed by atoms with Gasteiger partial charge in [-0.05, 0) is 19.2 Å². The fraction of sp³-hybridized carbons (Fsp3) is 0.474.